The van der Waals surface area contributed by atoms with Gasteiger partial charge in [-0.15, -0.1) is 11.3 Å². The molecule has 5 rings (SSSR count). The van der Waals surface area contributed by atoms with E-state index in [4.69, 9.17) is 16.6 Å². The van der Waals surface area contributed by atoms with Gasteiger partial charge in [0, 0.05) is 23.3 Å². The summed E-state index contributed by atoms with van der Waals surface area (Å²) in [6.07, 6.45) is 4.10. The monoisotopic (exact) mass is 715 g/mol. The van der Waals surface area contributed by atoms with Gasteiger partial charge in [0.1, 0.15) is 4.83 Å². The highest BCUT2D eigenvalue weighted by Crippen LogP contribution is 2.36. The number of amides is 1. The summed E-state index contributed by atoms with van der Waals surface area (Å²) in [6.45, 7) is 0. The number of carbonyl (C=O) groups is 1. The molecule has 0 unspecified atom stereocenters. The van der Waals surface area contributed by atoms with Gasteiger partial charge in [0.15, 0.2) is 5.16 Å². The Labute approximate surface area is 240 Å². The number of hydrogen-bond acceptors (Lipinski definition) is 5. The molecular weight excluding hydrogens is 702 g/mol. The van der Waals surface area contributed by atoms with Gasteiger partial charge in [-0.2, -0.15) is 0 Å². The van der Waals surface area contributed by atoms with E-state index in [1.165, 1.54) is 16.6 Å². The molecule has 2 aromatic heterocycles. The smallest absolute Gasteiger partial charge is 0.267 e. The van der Waals surface area contributed by atoms with E-state index in [1.54, 1.807) is 40.2 Å². The molecular formula is C24H17Br3ClN3O2S2. The van der Waals surface area contributed by atoms with Gasteiger partial charge < -0.3 is 5.32 Å². The second kappa shape index (κ2) is 10.7. The van der Waals surface area contributed by atoms with Gasteiger partial charge in [-0.25, -0.2) is 4.98 Å². The SMILES string of the molecule is O=C(CSc1nc2sc3c(c2c(=O)n1-c1ccc(Cl)cc1)CCCC3)Nc1c(Br)cc(Br)cc1Br. The van der Waals surface area contributed by atoms with Crippen molar-refractivity contribution >= 4 is 104 Å². The van der Waals surface area contributed by atoms with Gasteiger partial charge in [-0.3, -0.25) is 14.2 Å². The number of thiophene rings is 1. The van der Waals surface area contributed by atoms with E-state index in [1.807, 2.05) is 12.1 Å². The summed E-state index contributed by atoms with van der Waals surface area (Å²) in [6, 6.07) is 10.8. The first-order valence-corrected chi connectivity index (χ1v) is 15.3. The Morgan fingerprint density at radius 3 is 2.51 bits per heavy atom. The van der Waals surface area contributed by atoms with Crippen LogP contribution in [0.4, 0.5) is 5.69 Å². The lowest BCUT2D eigenvalue weighted by Gasteiger charge is -2.14. The number of halogens is 4. The van der Waals surface area contributed by atoms with E-state index in [-0.39, 0.29) is 17.2 Å². The predicted molar refractivity (Wildman–Crippen MR) is 156 cm³/mol. The van der Waals surface area contributed by atoms with E-state index < -0.39 is 0 Å². The van der Waals surface area contributed by atoms with Crippen molar-refractivity contribution < 1.29 is 4.79 Å². The van der Waals surface area contributed by atoms with Crippen molar-refractivity contribution in [1.29, 1.82) is 0 Å². The lowest BCUT2D eigenvalue weighted by molar-refractivity contribution is -0.113. The Morgan fingerprint density at radius 1 is 1.11 bits per heavy atom. The molecule has 0 saturated heterocycles. The molecule has 0 spiro atoms. The van der Waals surface area contributed by atoms with Crippen molar-refractivity contribution in [1.82, 2.24) is 9.55 Å². The quantitative estimate of drug-likeness (QED) is 0.168. The molecule has 1 N–H and O–H groups in total. The van der Waals surface area contributed by atoms with Gasteiger partial charge in [-0.05, 0) is 99.5 Å². The van der Waals surface area contributed by atoms with Crippen LogP contribution in [0.15, 0.2) is 59.8 Å². The Bertz CT molecular complexity index is 1500. The number of aryl methyl sites for hydroxylation is 2. The topological polar surface area (TPSA) is 64.0 Å². The fraction of sp³-hybridized carbons (Fsp3) is 0.208. The molecule has 2 heterocycles. The van der Waals surface area contributed by atoms with E-state index in [0.717, 1.165) is 49.5 Å². The molecule has 0 aliphatic heterocycles. The first-order chi connectivity index (χ1) is 16.8. The Morgan fingerprint density at radius 2 is 1.80 bits per heavy atom. The van der Waals surface area contributed by atoms with Crippen LogP contribution in [0.5, 0.6) is 0 Å². The summed E-state index contributed by atoms with van der Waals surface area (Å²) in [5, 5.41) is 4.70. The van der Waals surface area contributed by atoms with E-state index in [2.05, 4.69) is 53.1 Å². The summed E-state index contributed by atoms with van der Waals surface area (Å²) in [5.41, 5.74) is 2.35. The largest absolute Gasteiger partial charge is 0.323 e. The van der Waals surface area contributed by atoms with Crippen molar-refractivity contribution in [3.8, 4) is 5.69 Å². The molecule has 2 aromatic carbocycles. The average molecular weight is 719 g/mol. The van der Waals surface area contributed by atoms with Gasteiger partial charge >= 0.3 is 0 Å². The van der Waals surface area contributed by atoms with Crippen LogP contribution in [0.1, 0.15) is 23.3 Å². The highest BCUT2D eigenvalue weighted by Gasteiger charge is 2.23. The first kappa shape index (κ1) is 25.5. The lowest BCUT2D eigenvalue weighted by atomic mass is 9.97. The zero-order chi connectivity index (χ0) is 24.7. The number of nitrogens with one attached hydrogen (secondary N) is 1. The summed E-state index contributed by atoms with van der Waals surface area (Å²) in [7, 11) is 0. The Hall–Kier alpha value is -1.17. The second-order valence-electron chi connectivity index (χ2n) is 7.98. The fourth-order valence-corrected chi connectivity index (χ4v) is 8.77. The minimum Gasteiger partial charge on any atom is -0.323 e. The first-order valence-electron chi connectivity index (χ1n) is 10.7. The summed E-state index contributed by atoms with van der Waals surface area (Å²) in [4.78, 5) is 33.5. The minimum atomic E-state index is -0.207. The van der Waals surface area contributed by atoms with Crippen molar-refractivity contribution in [2.75, 3.05) is 11.1 Å². The molecule has 1 aliphatic carbocycles. The number of aromatic nitrogens is 2. The number of rotatable bonds is 5. The van der Waals surface area contributed by atoms with Crippen molar-refractivity contribution in [2.24, 2.45) is 0 Å². The normalized spacial score (nSPS) is 13.1. The average Bonchev–Trinajstić information content (AvgIpc) is 3.19. The van der Waals surface area contributed by atoms with E-state index in [0.29, 0.717) is 26.9 Å². The fourth-order valence-electron chi connectivity index (χ4n) is 4.07. The van der Waals surface area contributed by atoms with Crippen molar-refractivity contribution in [2.45, 2.75) is 30.8 Å². The number of hydrogen-bond donors (Lipinski definition) is 1. The van der Waals surface area contributed by atoms with Crippen molar-refractivity contribution in [3.05, 3.63) is 75.6 Å². The van der Waals surface area contributed by atoms with Gasteiger partial charge in [-0.1, -0.05) is 39.3 Å². The number of nitrogens with zero attached hydrogens (tertiary/aromatic N) is 2. The third kappa shape index (κ3) is 5.29. The maximum Gasteiger partial charge on any atom is 0.267 e. The zero-order valence-corrected chi connectivity index (χ0v) is 25.2. The molecule has 1 amide bonds. The Balaban J connectivity index is 1.51. The molecule has 0 bridgehead atoms. The number of benzene rings is 2. The predicted octanol–water partition coefficient (Wildman–Crippen LogP) is 8.00. The molecule has 0 saturated carbocycles. The van der Waals surface area contributed by atoms with E-state index >= 15 is 0 Å². The molecule has 35 heavy (non-hydrogen) atoms. The standard InChI is InChI=1S/C24H17Br3ClN3O2S2/c25-12-9-16(26)21(17(27)10-12)29-19(32)11-34-24-30-22-20(15-3-1-2-4-18(15)35-22)23(33)31(24)14-7-5-13(28)6-8-14/h5-10H,1-4,11H2,(H,29,32). The highest BCUT2D eigenvalue weighted by molar-refractivity contribution is 9.11. The van der Waals surface area contributed by atoms with Crippen LogP contribution in [0.3, 0.4) is 0 Å². The molecule has 5 nitrogen and oxygen atoms in total. The summed E-state index contributed by atoms with van der Waals surface area (Å²) in [5.74, 6) is -0.118. The van der Waals surface area contributed by atoms with Crippen molar-refractivity contribution in [3.63, 3.8) is 0 Å². The maximum absolute atomic E-state index is 13.8. The van der Waals surface area contributed by atoms with E-state index in [9.17, 15) is 9.59 Å². The third-order valence-corrected chi connectivity index (χ3v) is 9.73. The zero-order valence-electron chi connectivity index (χ0n) is 18.0. The van der Waals surface area contributed by atoms with Crippen LogP contribution in [0.25, 0.3) is 15.9 Å². The van der Waals surface area contributed by atoms with Gasteiger partial charge in [0.25, 0.3) is 5.56 Å². The number of thioether (sulfide) groups is 1. The molecule has 1 aliphatic rings. The third-order valence-electron chi connectivity index (χ3n) is 5.65. The molecule has 0 atom stereocenters. The molecule has 11 heteroatoms. The second-order valence-corrected chi connectivity index (χ2v) is 13.1. The molecule has 0 fully saturated rings. The van der Waals surface area contributed by atoms with Crippen LogP contribution >= 0.6 is 82.5 Å². The van der Waals surface area contributed by atoms with Gasteiger partial charge in [0.2, 0.25) is 5.91 Å². The highest BCUT2D eigenvalue weighted by atomic mass is 79.9. The van der Waals surface area contributed by atoms with Crippen LogP contribution in [0.2, 0.25) is 5.02 Å². The van der Waals surface area contributed by atoms with Crippen LogP contribution in [-0.4, -0.2) is 21.2 Å². The number of anilines is 1. The Kier molecular flexibility index (Phi) is 7.77. The van der Waals surface area contributed by atoms with Crippen LogP contribution in [-0.2, 0) is 17.6 Å². The molecule has 0 radical (unpaired) electrons. The van der Waals surface area contributed by atoms with Gasteiger partial charge in [0.05, 0.1) is 22.5 Å². The van der Waals surface area contributed by atoms with Crippen LogP contribution in [0, 0.1) is 0 Å². The number of fused-ring (bicyclic) bond motifs is 3. The maximum atomic E-state index is 13.8. The lowest BCUT2D eigenvalue weighted by Crippen LogP contribution is -2.23. The molecule has 180 valence electrons. The summed E-state index contributed by atoms with van der Waals surface area (Å²) < 4.78 is 3.98. The molecule has 4 aromatic rings. The van der Waals surface area contributed by atoms with Crippen LogP contribution < -0.4 is 10.9 Å². The summed E-state index contributed by atoms with van der Waals surface area (Å²) >= 11 is 19.3. The number of carbonyl (C=O) groups excluding carboxylic acids is 1. The minimum absolute atomic E-state index is 0.0889.